The van der Waals surface area contributed by atoms with Crippen molar-refractivity contribution in [2.75, 3.05) is 26.2 Å². The molecule has 0 aromatic rings. The molecule has 2 fully saturated rings. The SMILES string of the molecule is CC(CCCC(=O)O)NC(=O)N1CCN(C2CC2)CC1. The van der Waals surface area contributed by atoms with Gasteiger partial charge in [0, 0.05) is 44.7 Å². The fraction of sp³-hybridized carbons (Fsp3) is 0.857. The predicted molar refractivity (Wildman–Crippen MR) is 75.6 cm³/mol. The van der Waals surface area contributed by atoms with Gasteiger partial charge in [-0.25, -0.2) is 4.79 Å². The highest BCUT2D eigenvalue weighted by Crippen LogP contribution is 2.27. The predicted octanol–water partition coefficient (Wildman–Crippen LogP) is 1.12. The molecule has 2 rings (SSSR count). The third-order valence-electron chi connectivity index (χ3n) is 4.06. The van der Waals surface area contributed by atoms with E-state index in [0.717, 1.165) is 32.2 Å². The van der Waals surface area contributed by atoms with E-state index in [-0.39, 0.29) is 18.5 Å². The van der Waals surface area contributed by atoms with Crippen LogP contribution in [0, 0.1) is 0 Å². The first-order chi connectivity index (χ1) is 9.56. The molecule has 2 N–H and O–H groups in total. The van der Waals surface area contributed by atoms with E-state index >= 15 is 0 Å². The van der Waals surface area contributed by atoms with Gasteiger partial charge in [0.2, 0.25) is 0 Å². The van der Waals surface area contributed by atoms with Crippen LogP contribution in [0.25, 0.3) is 0 Å². The Morgan fingerprint density at radius 3 is 2.45 bits per heavy atom. The molecule has 6 nitrogen and oxygen atoms in total. The van der Waals surface area contributed by atoms with Crippen molar-refractivity contribution in [1.29, 1.82) is 0 Å². The summed E-state index contributed by atoms with van der Waals surface area (Å²) < 4.78 is 0. The quantitative estimate of drug-likeness (QED) is 0.766. The Morgan fingerprint density at radius 2 is 1.90 bits per heavy atom. The van der Waals surface area contributed by atoms with Gasteiger partial charge in [-0.15, -0.1) is 0 Å². The summed E-state index contributed by atoms with van der Waals surface area (Å²) in [4.78, 5) is 26.9. The van der Waals surface area contributed by atoms with Crippen molar-refractivity contribution in [3.8, 4) is 0 Å². The standard InChI is InChI=1S/C14H25N3O3/c1-11(3-2-4-13(18)19)15-14(20)17-9-7-16(8-10-17)12-5-6-12/h11-12H,2-10H2,1H3,(H,15,20)(H,18,19). The van der Waals surface area contributed by atoms with Crippen LogP contribution in [-0.4, -0.2) is 65.2 Å². The van der Waals surface area contributed by atoms with E-state index in [9.17, 15) is 9.59 Å². The average Bonchev–Trinajstić information content (AvgIpc) is 3.22. The Kier molecular flexibility index (Phi) is 5.23. The lowest BCUT2D eigenvalue weighted by atomic mass is 10.1. The summed E-state index contributed by atoms with van der Waals surface area (Å²) in [6.45, 7) is 5.48. The molecule has 6 heteroatoms. The summed E-state index contributed by atoms with van der Waals surface area (Å²) in [5.41, 5.74) is 0. The summed E-state index contributed by atoms with van der Waals surface area (Å²) in [6.07, 6.45) is 4.10. The zero-order chi connectivity index (χ0) is 14.5. The number of nitrogens with one attached hydrogen (secondary N) is 1. The fourth-order valence-electron chi connectivity index (χ4n) is 2.66. The third-order valence-corrected chi connectivity index (χ3v) is 4.06. The number of amides is 2. The number of carboxylic acid groups (broad SMARTS) is 1. The van der Waals surface area contributed by atoms with Crippen LogP contribution in [0.3, 0.4) is 0 Å². The number of carbonyl (C=O) groups is 2. The molecule has 1 heterocycles. The van der Waals surface area contributed by atoms with Crippen molar-refractivity contribution in [2.24, 2.45) is 0 Å². The second-order valence-corrected chi connectivity index (χ2v) is 5.89. The largest absolute Gasteiger partial charge is 0.481 e. The zero-order valence-electron chi connectivity index (χ0n) is 12.2. The van der Waals surface area contributed by atoms with Gasteiger partial charge in [-0.1, -0.05) is 0 Å². The molecule has 20 heavy (non-hydrogen) atoms. The number of aliphatic carboxylic acids is 1. The van der Waals surface area contributed by atoms with Gasteiger partial charge >= 0.3 is 12.0 Å². The van der Waals surface area contributed by atoms with E-state index in [0.29, 0.717) is 12.8 Å². The summed E-state index contributed by atoms with van der Waals surface area (Å²) >= 11 is 0. The lowest BCUT2D eigenvalue weighted by Crippen LogP contribution is -2.53. The molecule has 1 atom stereocenters. The molecule has 2 amide bonds. The highest BCUT2D eigenvalue weighted by molar-refractivity contribution is 5.74. The minimum Gasteiger partial charge on any atom is -0.481 e. The van der Waals surface area contributed by atoms with Gasteiger partial charge in [-0.05, 0) is 32.6 Å². The van der Waals surface area contributed by atoms with Crippen molar-refractivity contribution in [3.05, 3.63) is 0 Å². The average molecular weight is 283 g/mol. The van der Waals surface area contributed by atoms with Crippen LogP contribution in [0.2, 0.25) is 0 Å². The minimum atomic E-state index is -0.778. The lowest BCUT2D eigenvalue weighted by molar-refractivity contribution is -0.137. The Labute approximate surface area is 120 Å². The maximum atomic E-state index is 12.1. The van der Waals surface area contributed by atoms with Crippen LogP contribution >= 0.6 is 0 Å². The van der Waals surface area contributed by atoms with Gasteiger partial charge in [0.1, 0.15) is 0 Å². The van der Waals surface area contributed by atoms with Gasteiger partial charge in [0.15, 0.2) is 0 Å². The molecular formula is C14H25N3O3. The number of piperazine rings is 1. The van der Waals surface area contributed by atoms with Gasteiger partial charge in [-0.3, -0.25) is 9.69 Å². The number of hydrogen-bond acceptors (Lipinski definition) is 3. The van der Waals surface area contributed by atoms with Crippen molar-refractivity contribution < 1.29 is 14.7 Å². The number of rotatable bonds is 6. The van der Waals surface area contributed by atoms with Gasteiger partial charge in [0.05, 0.1) is 0 Å². The summed E-state index contributed by atoms with van der Waals surface area (Å²) in [6, 6.07) is 0.793. The second kappa shape index (κ2) is 6.92. The molecule has 0 aromatic carbocycles. The Balaban J connectivity index is 1.62. The molecule has 1 aliphatic carbocycles. The third kappa shape index (κ3) is 4.67. The molecule has 0 aromatic heterocycles. The topological polar surface area (TPSA) is 72.9 Å². The van der Waals surface area contributed by atoms with Crippen LogP contribution in [0.4, 0.5) is 4.79 Å². The van der Waals surface area contributed by atoms with E-state index < -0.39 is 5.97 Å². The number of hydrogen-bond donors (Lipinski definition) is 2. The molecule has 0 radical (unpaired) electrons. The number of urea groups is 1. The van der Waals surface area contributed by atoms with E-state index in [2.05, 4.69) is 10.2 Å². The van der Waals surface area contributed by atoms with Crippen molar-refractivity contribution in [2.45, 2.75) is 51.1 Å². The van der Waals surface area contributed by atoms with Crippen molar-refractivity contribution >= 4 is 12.0 Å². The lowest BCUT2D eigenvalue weighted by Gasteiger charge is -2.35. The molecule has 114 valence electrons. The second-order valence-electron chi connectivity index (χ2n) is 5.89. The number of carbonyl (C=O) groups excluding carboxylic acids is 1. The van der Waals surface area contributed by atoms with E-state index in [1.54, 1.807) is 0 Å². The summed E-state index contributed by atoms with van der Waals surface area (Å²) in [7, 11) is 0. The molecule has 1 saturated carbocycles. The number of carboxylic acids is 1. The first kappa shape index (κ1) is 15.1. The van der Waals surface area contributed by atoms with E-state index in [4.69, 9.17) is 5.11 Å². The smallest absolute Gasteiger partial charge is 0.317 e. The molecule has 2 aliphatic rings. The Bertz CT molecular complexity index is 350. The van der Waals surface area contributed by atoms with Crippen LogP contribution in [-0.2, 0) is 4.79 Å². The first-order valence-electron chi connectivity index (χ1n) is 7.57. The van der Waals surface area contributed by atoms with Crippen LogP contribution in [0.15, 0.2) is 0 Å². The van der Waals surface area contributed by atoms with Gasteiger partial charge in [-0.2, -0.15) is 0 Å². The molecule has 0 bridgehead atoms. The van der Waals surface area contributed by atoms with E-state index in [1.165, 1.54) is 12.8 Å². The molecule has 0 spiro atoms. The fourth-order valence-corrected chi connectivity index (χ4v) is 2.66. The Hall–Kier alpha value is -1.30. The summed E-state index contributed by atoms with van der Waals surface area (Å²) in [5, 5.41) is 11.5. The van der Waals surface area contributed by atoms with Gasteiger partial charge in [0.25, 0.3) is 0 Å². The van der Waals surface area contributed by atoms with Crippen LogP contribution < -0.4 is 5.32 Å². The van der Waals surface area contributed by atoms with Crippen LogP contribution in [0.1, 0.15) is 39.0 Å². The minimum absolute atomic E-state index is 0.0109. The van der Waals surface area contributed by atoms with Crippen LogP contribution in [0.5, 0.6) is 0 Å². The van der Waals surface area contributed by atoms with Crippen molar-refractivity contribution in [3.63, 3.8) is 0 Å². The highest BCUT2D eigenvalue weighted by atomic mass is 16.4. The van der Waals surface area contributed by atoms with E-state index in [1.807, 2.05) is 11.8 Å². The highest BCUT2D eigenvalue weighted by Gasteiger charge is 2.32. The molecular weight excluding hydrogens is 258 g/mol. The summed E-state index contributed by atoms with van der Waals surface area (Å²) in [5.74, 6) is -0.778. The first-order valence-corrected chi connectivity index (χ1v) is 7.57. The maximum absolute atomic E-state index is 12.1. The molecule has 1 saturated heterocycles. The molecule has 1 aliphatic heterocycles. The monoisotopic (exact) mass is 283 g/mol. The zero-order valence-corrected chi connectivity index (χ0v) is 12.2. The normalized spacial score (nSPS) is 21.6. The van der Waals surface area contributed by atoms with Crippen molar-refractivity contribution in [1.82, 2.24) is 15.1 Å². The maximum Gasteiger partial charge on any atom is 0.317 e. The molecule has 1 unspecified atom stereocenters. The Morgan fingerprint density at radius 1 is 1.25 bits per heavy atom. The van der Waals surface area contributed by atoms with Gasteiger partial charge < -0.3 is 15.3 Å². The number of nitrogens with zero attached hydrogens (tertiary/aromatic N) is 2.